The number of carbonyl (C=O) groups excluding carboxylic acids is 1. The number of esters is 1. The molecule has 1 aromatic carbocycles. The van der Waals surface area contributed by atoms with Gasteiger partial charge in [-0.15, -0.1) is 0 Å². The summed E-state index contributed by atoms with van der Waals surface area (Å²) in [6.07, 6.45) is 36.2. The van der Waals surface area contributed by atoms with Gasteiger partial charge in [-0.3, -0.25) is 38.7 Å². The van der Waals surface area contributed by atoms with Gasteiger partial charge < -0.3 is 39.4 Å². The lowest BCUT2D eigenvalue weighted by Gasteiger charge is -2.27. The molecule has 0 saturated carbocycles. The van der Waals surface area contributed by atoms with E-state index in [1.54, 1.807) is 0 Å². The van der Waals surface area contributed by atoms with E-state index in [0.717, 1.165) is 62.7 Å². The zero-order chi connectivity index (χ0) is 53.6. The second-order valence-electron chi connectivity index (χ2n) is 19.9. The van der Waals surface area contributed by atoms with Crippen LogP contribution in [0.5, 0.6) is 17.2 Å². The summed E-state index contributed by atoms with van der Waals surface area (Å²) in [5.74, 6) is -3.92. The van der Waals surface area contributed by atoms with Gasteiger partial charge in [0.05, 0.1) is 52.5 Å². The SMILES string of the molecule is CCCCCCCCCCCCOc1cc(COC(=O)CN(CCN(CCN(CC(=O)O)CC(=O)O)CC(=O)O)CC(=O)O)cc(OCCCCCCCCCCCC)c1OCCCCCCCCCCCC. The molecule has 1 rings (SSSR count). The Hall–Kier alpha value is -4.15. The van der Waals surface area contributed by atoms with Crippen molar-refractivity contribution in [2.75, 3.05) is 78.7 Å². The van der Waals surface area contributed by atoms with E-state index < -0.39 is 62.6 Å². The number of benzene rings is 1. The van der Waals surface area contributed by atoms with Crippen LogP contribution in [0.1, 0.15) is 219 Å². The number of ether oxygens (including phenoxy) is 4. The van der Waals surface area contributed by atoms with E-state index in [1.165, 1.54) is 145 Å². The summed E-state index contributed by atoms with van der Waals surface area (Å²) >= 11 is 0. The van der Waals surface area contributed by atoms with Crippen molar-refractivity contribution >= 4 is 29.8 Å². The van der Waals surface area contributed by atoms with Crippen molar-refractivity contribution in [2.45, 2.75) is 220 Å². The number of carbonyl (C=O) groups is 5. The van der Waals surface area contributed by atoms with Crippen LogP contribution in [-0.2, 0) is 35.3 Å². The van der Waals surface area contributed by atoms with Crippen molar-refractivity contribution in [3.05, 3.63) is 17.7 Å². The minimum absolute atomic E-state index is 0.000915. The third-order valence-corrected chi connectivity index (χ3v) is 13.0. The Kier molecular flexibility index (Phi) is 42.5. The first-order chi connectivity index (χ1) is 35.4. The molecule has 422 valence electrons. The second kappa shape index (κ2) is 46.4. The smallest absolute Gasteiger partial charge is 0.320 e. The lowest BCUT2D eigenvalue weighted by Crippen LogP contribution is -2.45. The van der Waals surface area contributed by atoms with Crippen molar-refractivity contribution in [1.29, 1.82) is 0 Å². The van der Waals surface area contributed by atoms with Crippen LogP contribution in [0, 0.1) is 0 Å². The zero-order valence-electron chi connectivity index (χ0n) is 45.9. The molecular formula is C57H101N3O13. The van der Waals surface area contributed by atoms with E-state index in [-0.39, 0.29) is 32.8 Å². The normalized spacial score (nSPS) is 11.4. The molecule has 16 nitrogen and oxygen atoms in total. The Morgan fingerprint density at radius 2 is 0.644 bits per heavy atom. The molecule has 0 atom stereocenters. The van der Waals surface area contributed by atoms with Crippen LogP contribution in [-0.4, -0.2) is 144 Å². The van der Waals surface area contributed by atoms with E-state index >= 15 is 0 Å². The van der Waals surface area contributed by atoms with Crippen LogP contribution in [0.3, 0.4) is 0 Å². The van der Waals surface area contributed by atoms with Crippen molar-refractivity contribution in [1.82, 2.24) is 14.7 Å². The summed E-state index contributed by atoms with van der Waals surface area (Å²) in [7, 11) is 0. The highest BCUT2D eigenvalue weighted by molar-refractivity contribution is 5.74. The minimum atomic E-state index is -1.23. The van der Waals surface area contributed by atoms with Gasteiger partial charge in [-0.25, -0.2) is 0 Å². The van der Waals surface area contributed by atoms with Gasteiger partial charge in [-0.05, 0) is 37.0 Å². The average Bonchev–Trinajstić information content (AvgIpc) is 3.34. The average molecular weight is 1040 g/mol. The maximum Gasteiger partial charge on any atom is 0.320 e. The molecule has 0 aromatic heterocycles. The molecule has 0 saturated heterocycles. The van der Waals surface area contributed by atoms with Crippen LogP contribution in [0.2, 0.25) is 0 Å². The molecule has 4 N–H and O–H groups in total. The molecule has 0 aliphatic carbocycles. The first-order valence-electron chi connectivity index (χ1n) is 28.6. The van der Waals surface area contributed by atoms with Gasteiger partial charge >= 0.3 is 29.8 Å². The number of hydrogen-bond donors (Lipinski definition) is 4. The Balaban J connectivity index is 3.20. The van der Waals surface area contributed by atoms with E-state index in [1.807, 2.05) is 12.1 Å². The maximum atomic E-state index is 13.4. The molecule has 16 heteroatoms. The number of rotatable bonds is 54. The molecular weight excluding hydrogens is 935 g/mol. The summed E-state index contributed by atoms with van der Waals surface area (Å²) in [6, 6.07) is 3.67. The Morgan fingerprint density at radius 1 is 0.370 bits per heavy atom. The van der Waals surface area contributed by atoms with Crippen LogP contribution in [0.25, 0.3) is 0 Å². The Bertz CT molecular complexity index is 1520. The highest BCUT2D eigenvalue weighted by Crippen LogP contribution is 2.40. The largest absolute Gasteiger partial charge is 0.490 e. The third-order valence-electron chi connectivity index (χ3n) is 13.0. The lowest BCUT2D eigenvalue weighted by atomic mass is 10.1. The van der Waals surface area contributed by atoms with E-state index in [2.05, 4.69) is 20.8 Å². The molecule has 0 fully saturated rings. The molecule has 0 aliphatic heterocycles. The molecule has 1 aromatic rings. The number of unbranched alkanes of at least 4 members (excludes halogenated alkanes) is 27. The Morgan fingerprint density at radius 3 is 0.973 bits per heavy atom. The Labute approximate surface area is 440 Å². The fourth-order valence-corrected chi connectivity index (χ4v) is 8.80. The fraction of sp³-hybridized carbons (Fsp3) is 0.807. The van der Waals surface area contributed by atoms with Crippen LogP contribution in [0.15, 0.2) is 12.1 Å². The number of nitrogens with zero attached hydrogens (tertiary/aromatic N) is 3. The van der Waals surface area contributed by atoms with Crippen LogP contribution >= 0.6 is 0 Å². The monoisotopic (exact) mass is 1040 g/mol. The number of carboxylic acids is 4. The third kappa shape index (κ3) is 39.9. The topological polar surface area (TPSA) is 213 Å². The van der Waals surface area contributed by atoms with Gasteiger partial charge in [0.2, 0.25) is 5.75 Å². The second-order valence-corrected chi connectivity index (χ2v) is 19.9. The standard InChI is InChI=1S/C57H101N3O13/c1-4-7-10-13-16-19-22-25-28-31-38-70-50-41-49(48-73-56(69)47-60(46-55(67)68)37-35-58(43-52(61)62)34-36-59(44-53(63)64)45-54(65)66)42-51(71-39-32-29-26-23-20-17-14-11-8-5-2)57(50)72-40-33-30-27-24-21-18-15-12-9-6-3/h41-42H,4-40,43-48H2,1-3H3,(H,61,62)(H,63,64)(H,65,66)(H,67,68). The number of carboxylic acid groups (broad SMARTS) is 4. The first kappa shape index (κ1) is 66.9. The molecule has 0 spiro atoms. The number of aliphatic carboxylic acids is 4. The predicted octanol–water partition coefficient (Wildman–Crippen LogP) is 11.9. The first-order valence-corrected chi connectivity index (χ1v) is 28.6. The van der Waals surface area contributed by atoms with Gasteiger partial charge in [-0.2, -0.15) is 0 Å². The molecule has 73 heavy (non-hydrogen) atoms. The van der Waals surface area contributed by atoms with Crippen molar-refractivity contribution in [3.8, 4) is 17.2 Å². The zero-order valence-corrected chi connectivity index (χ0v) is 45.9. The predicted molar refractivity (Wildman–Crippen MR) is 288 cm³/mol. The summed E-state index contributed by atoms with van der Waals surface area (Å²) in [5, 5.41) is 37.7. The van der Waals surface area contributed by atoms with Crippen LogP contribution in [0.4, 0.5) is 0 Å². The van der Waals surface area contributed by atoms with Crippen molar-refractivity contribution in [2.24, 2.45) is 0 Å². The summed E-state index contributed by atoms with van der Waals surface area (Å²) in [5.41, 5.74) is 0.625. The number of hydrogen-bond acceptors (Lipinski definition) is 12. The van der Waals surface area contributed by atoms with Gasteiger partial charge in [0.15, 0.2) is 11.5 Å². The van der Waals surface area contributed by atoms with Gasteiger partial charge in [0, 0.05) is 26.2 Å². The summed E-state index contributed by atoms with van der Waals surface area (Å²) in [6.45, 7) is 5.46. The highest BCUT2D eigenvalue weighted by Gasteiger charge is 2.22. The quantitative estimate of drug-likeness (QED) is 0.0353. The molecule has 0 aliphatic rings. The van der Waals surface area contributed by atoms with Crippen molar-refractivity contribution in [3.63, 3.8) is 0 Å². The lowest BCUT2D eigenvalue weighted by molar-refractivity contribution is -0.148. The molecule has 0 heterocycles. The summed E-state index contributed by atoms with van der Waals surface area (Å²) < 4.78 is 25.3. The van der Waals surface area contributed by atoms with E-state index in [9.17, 15) is 44.4 Å². The highest BCUT2D eigenvalue weighted by atomic mass is 16.5. The van der Waals surface area contributed by atoms with Gasteiger partial charge in [-0.1, -0.05) is 194 Å². The van der Waals surface area contributed by atoms with Gasteiger partial charge in [0.25, 0.3) is 0 Å². The fourth-order valence-electron chi connectivity index (χ4n) is 8.80. The van der Waals surface area contributed by atoms with Gasteiger partial charge in [0.1, 0.15) is 6.61 Å². The summed E-state index contributed by atoms with van der Waals surface area (Å²) in [4.78, 5) is 63.5. The molecule has 0 bridgehead atoms. The van der Waals surface area contributed by atoms with Crippen LogP contribution < -0.4 is 14.2 Å². The van der Waals surface area contributed by atoms with Crippen molar-refractivity contribution < 1.29 is 63.3 Å². The maximum absolute atomic E-state index is 13.4. The molecule has 0 radical (unpaired) electrons. The van der Waals surface area contributed by atoms with E-state index in [0.29, 0.717) is 42.6 Å². The minimum Gasteiger partial charge on any atom is -0.490 e. The molecule has 0 amide bonds. The van der Waals surface area contributed by atoms with E-state index in [4.69, 9.17) is 18.9 Å². The molecule has 0 unspecified atom stereocenters.